The molecule has 0 aromatic heterocycles. The third kappa shape index (κ3) is 4.86. The molecule has 0 saturated carbocycles. The predicted molar refractivity (Wildman–Crippen MR) is 107 cm³/mol. The lowest BCUT2D eigenvalue weighted by atomic mass is 10.0. The van der Waals surface area contributed by atoms with Gasteiger partial charge in [-0.2, -0.15) is 0 Å². The summed E-state index contributed by atoms with van der Waals surface area (Å²) in [5.74, 6) is -0.291. The third-order valence-electron chi connectivity index (χ3n) is 4.74. The molecule has 0 radical (unpaired) electrons. The third-order valence-corrected chi connectivity index (χ3v) is 4.74. The molecule has 1 fully saturated rings. The fourth-order valence-corrected chi connectivity index (χ4v) is 3.43. The van der Waals surface area contributed by atoms with E-state index in [4.69, 9.17) is 0 Å². The fourth-order valence-electron chi connectivity index (χ4n) is 3.43. The summed E-state index contributed by atoms with van der Waals surface area (Å²) in [6, 6.07) is 19.0. The molecule has 1 aliphatic heterocycles. The van der Waals surface area contributed by atoms with Gasteiger partial charge in [-0.15, -0.1) is 0 Å². The van der Waals surface area contributed by atoms with Crippen molar-refractivity contribution in [2.24, 2.45) is 0 Å². The van der Waals surface area contributed by atoms with Gasteiger partial charge in [0.05, 0.1) is 0 Å². The van der Waals surface area contributed by atoms with Gasteiger partial charge < -0.3 is 10.2 Å². The van der Waals surface area contributed by atoms with Crippen LogP contribution >= 0.6 is 0 Å². The molecule has 0 bridgehead atoms. The number of urea groups is 1. The van der Waals surface area contributed by atoms with Gasteiger partial charge in [0, 0.05) is 38.4 Å². The van der Waals surface area contributed by atoms with E-state index in [1.807, 2.05) is 55.5 Å². The summed E-state index contributed by atoms with van der Waals surface area (Å²) < 4.78 is 0. The average molecular weight is 366 g/mol. The van der Waals surface area contributed by atoms with Gasteiger partial charge in [0.2, 0.25) is 5.91 Å². The first kappa shape index (κ1) is 18.9. The number of piperazine rings is 1. The SMILES string of the molecule is CCNC(=O)NC(=O)C(c1ccccc1)N1CCN(c2ccccc2)CC1. The Morgan fingerprint density at radius 3 is 2.11 bits per heavy atom. The van der Waals surface area contributed by atoms with Crippen LogP contribution in [0.4, 0.5) is 10.5 Å². The lowest BCUT2D eigenvalue weighted by molar-refractivity contribution is -0.125. The monoisotopic (exact) mass is 366 g/mol. The van der Waals surface area contributed by atoms with Gasteiger partial charge in [-0.3, -0.25) is 15.0 Å². The molecule has 1 atom stereocenters. The number of para-hydroxylation sites is 1. The Labute approximate surface area is 160 Å². The topological polar surface area (TPSA) is 64.7 Å². The molecule has 2 N–H and O–H groups in total. The second kappa shape index (κ2) is 9.19. The Kier molecular flexibility index (Phi) is 6.44. The first-order chi connectivity index (χ1) is 13.2. The van der Waals surface area contributed by atoms with Crippen LogP contribution in [-0.2, 0) is 4.79 Å². The van der Waals surface area contributed by atoms with Crippen molar-refractivity contribution in [1.29, 1.82) is 0 Å². The molecule has 1 unspecified atom stereocenters. The van der Waals surface area contributed by atoms with Crippen LogP contribution in [0, 0.1) is 0 Å². The molecule has 2 aromatic rings. The zero-order chi connectivity index (χ0) is 19.1. The van der Waals surface area contributed by atoms with Crippen LogP contribution in [0.5, 0.6) is 0 Å². The Morgan fingerprint density at radius 2 is 1.52 bits per heavy atom. The molecule has 1 heterocycles. The maximum Gasteiger partial charge on any atom is 0.321 e. The summed E-state index contributed by atoms with van der Waals surface area (Å²) >= 11 is 0. The van der Waals surface area contributed by atoms with E-state index < -0.39 is 12.1 Å². The number of imide groups is 1. The highest BCUT2D eigenvalue weighted by Crippen LogP contribution is 2.24. The number of hydrogen-bond donors (Lipinski definition) is 2. The number of benzene rings is 2. The largest absolute Gasteiger partial charge is 0.369 e. The summed E-state index contributed by atoms with van der Waals surface area (Å²) in [5, 5.41) is 5.09. The van der Waals surface area contributed by atoms with E-state index in [1.165, 1.54) is 5.69 Å². The maximum absolute atomic E-state index is 12.9. The van der Waals surface area contributed by atoms with E-state index in [-0.39, 0.29) is 5.91 Å². The molecule has 2 aromatic carbocycles. The van der Waals surface area contributed by atoms with Crippen molar-refractivity contribution < 1.29 is 9.59 Å². The van der Waals surface area contributed by atoms with Gasteiger partial charge in [0.15, 0.2) is 0 Å². The quantitative estimate of drug-likeness (QED) is 0.853. The van der Waals surface area contributed by atoms with Crippen molar-refractivity contribution in [3.8, 4) is 0 Å². The number of nitrogens with one attached hydrogen (secondary N) is 2. The molecule has 6 heteroatoms. The summed E-state index contributed by atoms with van der Waals surface area (Å²) in [6.45, 7) is 5.46. The zero-order valence-corrected chi connectivity index (χ0v) is 15.6. The molecule has 3 amide bonds. The van der Waals surface area contributed by atoms with Crippen LogP contribution in [0.2, 0.25) is 0 Å². The van der Waals surface area contributed by atoms with Crippen molar-refractivity contribution in [2.45, 2.75) is 13.0 Å². The molecule has 27 heavy (non-hydrogen) atoms. The summed E-state index contributed by atoms with van der Waals surface area (Å²) in [5.41, 5.74) is 2.09. The van der Waals surface area contributed by atoms with E-state index in [1.54, 1.807) is 0 Å². The van der Waals surface area contributed by atoms with Crippen LogP contribution in [0.25, 0.3) is 0 Å². The van der Waals surface area contributed by atoms with Crippen LogP contribution < -0.4 is 15.5 Å². The van der Waals surface area contributed by atoms with Crippen molar-refractivity contribution in [3.05, 3.63) is 66.2 Å². The minimum atomic E-state index is -0.480. The average Bonchev–Trinajstić information content (AvgIpc) is 2.70. The second-order valence-corrected chi connectivity index (χ2v) is 6.52. The number of carbonyl (C=O) groups is 2. The van der Waals surface area contributed by atoms with Crippen LogP contribution in [0.1, 0.15) is 18.5 Å². The Morgan fingerprint density at radius 1 is 0.926 bits per heavy atom. The highest BCUT2D eigenvalue weighted by Gasteiger charge is 2.31. The van der Waals surface area contributed by atoms with Crippen molar-refractivity contribution in [2.75, 3.05) is 37.6 Å². The van der Waals surface area contributed by atoms with Gasteiger partial charge in [-0.25, -0.2) is 4.79 Å². The van der Waals surface area contributed by atoms with Crippen LogP contribution in [0.15, 0.2) is 60.7 Å². The molecule has 1 saturated heterocycles. The van der Waals surface area contributed by atoms with Crippen LogP contribution in [0.3, 0.4) is 0 Å². The van der Waals surface area contributed by atoms with E-state index in [0.717, 1.165) is 31.7 Å². The first-order valence-corrected chi connectivity index (χ1v) is 9.36. The summed E-state index contributed by atoms with van der Waals surface area (Å²) in [6.07, 6.45) is 0. The summed E-state index contributed by atoms with van der Waals surface area (Å²) in [7, 11) is 0. The fraction of sp³-hybridized carbons (Fsp3) is 0.333. The lowest BCUT2D eigenvalue weighted by Gasteiger charge is -2.39. The molecule has 1 aliphatic rings. The number of carbonyl (C=O) groups excluding carboxylic acids is 2. The van der Waals surface area contributed by atoms with E-state index in [9.17, 15) is 9.59 Å². The minimum Gasteiger partial charge on any atom is -0.369 e. The molecule has 6 nitrogen and oxygen atoms in total. The standard InChI is InChI=1S/C21H26N4O2/c1-2-22-21(27)23-20(26)19(17-9-5-3-6-10-17)25-15-13-24(14-16-25)18-11-7-4-8-12-18/h3-12,19H,2,13-16H2,1H3,(H2,22,23,26,27). The van der Waals surface area contributed by atoms with Crippen molar-refractivity contribution >= 4 is 17.6 Å². The molecule has 3 rings (SSSR count). The number of nitrogens with zero attached hydrogens (tertiary/aromatic N) is 2. The Hall–Kier alpha value is -2.86. The number of anilines is 1. The molecular weight excluding hydrogens is 340 g/mol. The summed E-state index contributed by atoms with van der Waals surface area (Å²) in [4.78, 5) is 29.2. The van der Waals surface area contributed by atoms with Gasteiger partial charge in [-0.1, -0.05) is 48.5 Å². The normalized spacial score (nSPS) is 15.8. The van der Waals surface area contributed by atoms with Gasteiger partial charge in [-0.05, 0) is 24.6 Å². The molecule has 142 valence electrons. The van der Waals surface area contributed by atoms with Gasteiger partial charge >= 0.3 is 6.03 Å². The maximum atomic E-state index is 12.9. The van der Waals surface area contributed by atoms with Crippen molar-refractivity contribution in [3.63, 3.8) is 0 Å². The van der Waals surface area contributed by atoms with E-state index in [0.29, 0.717) is 6.54 Å². The number of amides is 3. The Balaban J connectivity index is 1.72. The highest BCUT2D eigenvalue weighted by atomic mass is 16.2. The lowest BCUT2D eigenvalue weighted by Crippen LogP contribution is -2.52. The molecule has 0 spiro atoms. The highest BCUT2D eigenvalue weighted by molar-refractivity contribution is 5.97. The smallest absolute Gasteiger partial charge is 0.321 e. The van der Waals surface area contributed by atoms with Crippen LogP contribution in [-0.4, -0.2) is 49.6 Å². The van der Waals surface area contributed by atoms with E-state index in [2.05, 4.69) is 32.6 Å². The minimum absolute atomic E-state index is 0.291. The second-order valence-electron chi connectivity index (χ2n) is 6.52. The number of hydrogen-bond acceptors (Lipinski definition) is 4. The zero-order valence-electron chi connectivity index (χ0n) is 15.6. The van der Waals surface area contributed by atoms with Gasteiger partial charge in [0.1, 0.15) is 6.04 Å². The van der Waals surface area contributed by atoms with Gasteiger partial charge in [0.25, 0.3) is 0 Å². The molecule has 0 aliphatic carbocycles. The predicted octanol–water partition coefficient (Wildman–Crippen LogP) is 2.40. The van der Waals surface area contributed by atoms with Crippen molar-refractivity contribution in [1.82, 2.24) is 15.5 Å². The molecular formula is C21H26N4O2. The first-order valence-electron chi connectivity index (χ1n) is 9.36. The Bertz CT molecular complexity index is 743. The van der Waals surface area contributed by atoms with E-state index >= 15 is 0 Å². The number of rotatable bonds is 5.